The van der Waals surface area contributed by atoms with E-state index in [-0.39, 0.29) is 0 Å². The summed E-state index contributed by atoms with van der Waals surface area (Å²) in [6.45, 7) is 1.99. The van der Waals surface area contributed by atoms with E-state index in [0.29, 0.717) is 5.02 Å². The monoisotopic (exact) mass is 293 g/mol. The number of pyridine rings is 1. The van der Waals surface area contributed by atoms with Gasteiger partial charge in [0.2, 0.25) is 0 Å². The minimum Gasteiger partial charge on any atom is -0.338 e. The molecule has 3 nitrogen and oxygen atoms in total. The van der Waals surface area contributed by atoms with Crippen molar-refractivity contribution in [3.8, 4) is 11.4 Å². The number of rotatable bonds is 1. The topological polar surface area (TPSA) is 41.6 Å². The largest absolute Gasteiger partial charge is 0.338 e. The molecule has 4 rings (SSSR count). The maximum atomic E-state index is 6.21. The van der Waals surface area contributed by atoms with Crippen molar-refractivity contribution in [1.29, 1.82) is 0 Å². The summed E-state index contributed by atoms with van der Waals surface area (Å²) in [6, 6.07) is 15.9. The number of nitrogens with zero attached hydrogens (tertiary/aromatic N) is 2. The van der Waals surface area contributed by atoms with Crippen LogP contribution in [0.15, 0.2) is 48.5 Å². The molecule has 4 aromatic rings. The fourth-order valence-electron chi connectivity index (χ4n) is 2.63. The Morgan fingerprint density at radius 1 is 1.00 bits per heavy atom. The van der Waals surface area contributed by atoms with Crippen LogP contribution in [0.2, 0.25) is 5.02 Å². The lowest BCUT2D eigenvalue weighted by Gasteiger charge is -2.05. The number of fused-ring (bicyclic) bond motifs is 2. The zero-order valence-corrected chi connectivity index (χ0v) is 12.1. The number of benzene rings is 2. The fourth-order valence-corrected chi connectivity index (χ4v) is 2.85. The molecule has 0 aliphatic carbocycles. The van der Waals surface area contributed by atoms with Gasteiger partial charge in [0.15, 0.2) is 0 Å². The molecular formula is C17H12ClN3. The van der Waals surface area contributed by atoms with Crippen molar-refractivity contribution in [2.24, 2.45) is 0 Å². The molecule has 0 atom stereocenters. The van der Waals surface area contributed by atoms with Gasteiger partial charge in [0.1, 0.15) is 11.3 Å². The SMILES string of the molecule is Cc1cc(-c2nc3c(Cl)cccc3[nH]2)c2ccccc2n1. The van der Waals surface area contributed by atoms with Crippen LogP contribution in [0, 0.1) is 6.92 Å². The van der Waals surface area contributed by atoms with Gasteiger partial charge in [-0.25, -0.2) is 4.98 Å². The molecule has 2 aromatic heterocycles. The molecule has 0 aliphatic heterocycles. The summed E-state index contributed by atoms with van der Waals surface area (Å²) in [4.78, 5) is 12.6. The Labute approximate surface area is 126 Å². The smallest absolute Gasteiger partial charge is 0.139 e. The van der Waals surface area contributed by atoms with Crippen molar-refractivity contribution < 1.29 is 0 Å². The molecule has 2 heterocycles. The molecule has 0 spiro atoms. The molecule has 4 heteroatoms. The Kier molecular flexibility index (Phi) is 2.69. The minimum atomic E-state index is 0.657. The maximum Gasteiger partial charge on any atom is 0.139 e. The molecule has 0 saturated heterocycles. The first-order valence-electron chi connectivity index (χ1n) is 6.73. The van der Waals surface area contributed by atoms with Crippen LogP contribution in [-0.2, 0) is 0 Å². The highest BCUT2D eigenvalue weighted by atomic mass is 35.5. The molecule has 0 radical (unpaired) electrons. The lowest BCUT2D eigenvalue weighted by atomic mass is 10.1. The van der Waals surface area contributed by atoms with Gasteiger partial charge in [0, 0.05) is 16.6 Å². The average Bonchev–Trinajstić information content (AvgIpc) is 2.92. The number of aromatic amines is 1. The fraction of sp³-hybridized carbons (Fsp3) is 0.0588. The lowest BCUT2D eigenvalue weighted by molar-refractivity contribution is 1.24. The van der Waals surface area contributed by atoms with Crippen LogP contribution in [0.25, 0.3) is 33.3 Å². The van der Waals surface area contributed by atoms with Gasteiger partial charge in [-0.1, -0.05) is 35.9 Å². The highest BCUT2D eigenvalue weighted by Gasteiger charge is 2.11. The predicted octanol–water partition coefficient (Wildman–Crippen LogP) is 4.74. The van der Waals surface area contributed by atoms with Crippen LogP contribution in [0.5, 0.6) is 0 Å². The van der Waals surface area contributed by atoms with E-state index >= 15 is 0 Å². The Bertz CT molecular complexity index is 972. The molecule has 0 bridgehead atoms. The first-order chi connectivity index (χ1) is 10.2. The Balaban J connectivity index is 2.06. The molecule has 0 saturated carbocycles. The quantitative estimate of drug-likeness (QED) is 0.551. The standard InChI is InChI=1S/C17H12ClN3/c1-10-9-12(11-5-2-3-7-14(11)19-10)17-20-15-8-4-6-13(18)16(15)21-17/h2-9H,1H3,(H,20,21). The summed E-state index contributed by atoms with van der Waals surface area (Å²) < 4.78 is 0. The summed E-state index contributed by atoms with van der Waals surface area (Å²) in [5.74, 6) is 0.819. The van der Waals surface area contributed by atoms with E-state index in [1.807, 2.05) is 49.4 Å². The summed E-state index contributed by atoms with van der Waals surface area (Å²) in [5, 5.41) is 1.74. The normalized spacial score (nSPS) is 11.3. The number of aromatic nitrogens is 3. The number of imidazole rings is 1. The Hall–Kier alpha value is -2.39. The number of halogens is 1. The Morgan fingerprint density at radius 3 is 2.71 bits per heavy atom. The first-order valence-corrected chi connectivity index (χ1v) is 7.11. The van der Waals surface area contributed by atoms with Gasteiger partial charge in [-0.2, -0.15) is 0 Å². The zero-order chi connectivity index (χ0) is 14.4. The molecule has 102 valence electrons. The zero-order valence-electron chi connectivity index (χ0n) is 11.4. The van der Waals surface area contributed by atoms with Crippen molar-refractivity contribution >= 4 is 33.5 Å². The molecule has 21 heavy (non-hydrogen) atoms. The molecule has 0 unspecified atom stereocenters. The van der Waals surface area contributed by atoms with Crippen molar-refractivity contribution in [1.82, 2.24) is 15.0 Å². The second kappa shape index (κ2) is 4.57. The van der Waals surface area contributed by atoms with Crippen LogP contribution < -0.4 is 0 Å². The van der Waals surface area contributed by atoms with E-state index in [2.05, 4.69) is 21.0 Å². The van der Waals surface area contributed by atoms with Gasteiger partial charge >= 0.3 is 0 Å². The first kappa shape index (κ1) is 12.4. The summed E-state index contributed by atoms with van der Waals surface area (Å²) in [5.41, 5.74) is 4.73. The van der Waals surface area contributed by atoms with Crippen molar-refractivity contribution in [2.75, 3.05) is 0 Å². The van der Waals surface area contributed by atoms with Gasteiger partial charge in [0.25, 0.3) is 0 Å². The third kappa shape index (κ3) is 1.98. The highest BCUT2D eigenvalue weighted by Crippen LogP contribution is 2.30. The summed E-state index contributed by atoms with van der Waals surface area (Å²) in [7, 11) is 0. The van der Waals surface area contributed by atoms with Crippen molar-refractivity contribution in [3.63, 3.8) is 0 Å². The highest BCUT2D eigenvalue weighted by molar-refractivity contribution is 6.35. The average molecular weight is 294 g/mol. The van der Waals surface area contributed by atoms with E-state index in [4.69, 9.17) is 11.6 Å². The number of nitrogens with one attached hydrogen (secondary N) is 1. The van der Waals surface area contributed by atoms with Crippen molar-refractivity contribution in [2.45, 2.75) is 6.92 Å². The van der Waals surface area contributed by atoms with E-state index in [1.165, 1.54) is 0 Å². The van der Waals surface area contributed by atoms with E-state index in [1.54, 1.807) is 0 Å². The Morgan fingerprint density at radius 2 is 1.86 bits per heavy atom. The van der Waals surface area contributed by atoms with Crippen LogP contribution in [0.3, 0.4) is 0 Å². The van der Waals surface area contributed by atoms with Crippen LogP contribution in [0.4, 0.5) is 0 Å². The van der Waals surface area contributed by atoms with Gasteiger partial charge in [-0.05, 0) is 31.2 Å². The minimum absolute atomic E-state index is 0.657. The third-order valence-electron chi connectivity index (χ3n) is 3.56. The van der Waals surface area contributed by atoms with E-state index < -0.39 is 0 Å². The van der Waals surface area contributed by atoms with E-state index in [9.17, 15) is 0 Å². The number of hydrogen-bond acceptors (Lipinski definition) is 2. The molecule has 2 aromatic carbocycles. The number of aryl methyl sites for hydroxylation is 1. The van der Waals surface area contributed by atoms with Gasteiger partial charge in [0.05, 0.1) is 16.1 Å². The molecule has 1 N–H and O–H groups in total. The van der Waals surface area contributed by atoms with Gasteiger partial charge in [-0.3, -0.25) is 4.98 Å². The molecule has 0 aliphatic rings. The molecule has 0 amide bonds. The number of H-pyrrole nitrogens is 1. The maximum absolute atomic E-state index is 6.21. The third-order valence-corrected chi connectivity index (χ3v) is 3.87. The summed E-state index contributed by atoms with van der Waals surface area (Å²) >= 11 is 6.21. The second-order valence-corrected chi connectivity index (χ2v) is 5.46. The van der Waals surface area contributed by atoms with Gasteiger partial charge in [-0.15, -0.1) is 0 Å². The van der Waals surface area contributed by atoms with Crippen LogP contribution in [0.1, 0.15) is 5.69 Å². The van der Waals surface area contributed by atoms with Crippen LogP contribution >= 0.6 is 11.6 Å². The summed E-state index contributed by atoms with van der Waals surface area (Å²) in [6.07, 6.45) is 0. The van der Waals surface area contributed by atoms with Crippen molar-refractivity contribution in [3.05, 3.63) is 59.2 Å². The lowest BCUT2D eigenvalue weighted by Crippen LogP contribution is -1.89. The van der Waals surface area contributed by atoms with Gasteiger partial charge < -0.3 is 4.98 Å². The number of para-hydroxylation sites is 2. The molecular weight excluding hydrogens is 282 g/mol. The number of hydrogen-bond donors (Lipinski definition) is 1. The molecule has 0 fully saturated rings. The van der Waals surface area contributed by atoms with E-state index in [0.717, 1.165) is 39.0 Å². The van der Waals surface area contributed by atoms with Crippen LogP contribution in [-0.4, -0.2) is 15.0 Å². The second-order valence-electron chi connectivity index (χ2n) is 5.05. The predicted molar refractivity (Wildman–Crippen MR) is 86.6 cm³/mol.